The third-order valence-corrected chi connectivity index (χ3v) is 7.29. The molecule has 0 aliphatic heterocycles. The van der Waals surface area contributed by atoms with Crippen LogP contribution in [-0.2, 0) is 9.84 Å². The lowest BCUT2D eigenvalue weighted by Gasteiger charge is -2.22. The number of aromatic hydroxyl groups is 2. The Morgan fingerprint density at radius 3 is 1.73 bits per heavy atom. The van der Waals surface area contributed by atoms with Gasteiger partial charge >= 0.3 is 0 Å². The fourth-order valence-electron chi connectivity index (χ4n) is 4.13. The van der Waals surface area contributed by atoms with Crippen LogP contribution in [0.1, 0.15) is 45.4 Å². The minimum atomic E-state index is -3.55. The molecule has 5 rings (SSSR count). The molecule has 0 saturated heterocycles. The first-order valence-corrected chi connectivity index (χ1v) is 14.0. The van der Waals surface area contributed by atoms with E-state index in [-0.39, 0.29) is 16.4 Å². The largest absolute Gasteiger partial charge is 0.508 e. The molecule has 0 bridgehead atoms. The second kappa shape index (κ2) is 11.1. The molecule has 2 heterocycles. The molecule has 0 amide bonds. The third kappa shape index (κ3) is 5.99. The fraction of sp³-hybridized carbons (Fsp3) is 0.154. The first-order valence-electron chi connectivity index (χ1n) is 12.1. The maximum atomic E-state index is 12.4. The van der Waals surface area contributed by atoms with Crippen LogP contribution in [0.15, 0.2) is 75.8 Å². The van der Waals surface area contributed by atoms with Crippen LogP contribution in [0.2, 0.25) is 0 Å². The summed E-state index contributed by atoms with van der Waals surface area (Å²) in [4.78, 5) is 2.60. The van der Waals surface area contributed by atoms with Gasteiger partial charge in [-0.2, -0.15) is 10.2 Å². The Kier molecular flexibility index (Phi) is 7.35. The number of nitrogens with zero attached hydrogens (tertiary/aromatic N) is 10. The number of sulfone groups is 1. The van der Waals surface area contributed by atoms with Crippen molar-refractivity contribution in [3.63, 3.8) is 0 Å². The molecular formula is C26H24N10O4S. The Labute approximate surface area is 234 Å². The Morgan fingerprint density at radius 1 is 0.780 bits per heavy atom. The van der Waals surface area contributed by atoms with E-state index in [2.05, 4.69) is 41.3 Å². The van der Waals surface area contributed by atoms with E-state index in [4.69, 9.17) is 0 Å². The zero-order chi connectivity index (χ0) is 29.1. The number of benzene rings is 3. The van der Waals surface area contributed by atoms with Crippen molar-refractivity contribution in [3.8, 4) is 11.5 Å². The van der Waals surface area contributed by atoms with Crippen molar-refractivity contribution < 1.29 is 18.6 Å². The summed E-state index contributed by atoms with van der Waals surface area (Å²) >= 11 is 0. The van der Waals surface area contributed by atoms with E-state index in [0.29, 0.717) is 39.5 Å². The van der Waals surface area contributed by atoms with E-state index in [0.717, 1.165) is 6.26 Å². The number of aromatic nitrogens is 8. The molecule has 0 aliphatic carbocycles. The summed E-state index contributed by atoms with van der Waals surface area (Å²) in [6.07, 6.45) is 4.16. The normalized spacial score (nSPS) is 12.2. The molecule has 208 valence electrons. The van der Waals surface area contributed by atoms with Gasteiger partial charge < -0.3 is 10.2 Å². The van der Waals surface area contributed by atoms with E-state index < -0.39 is 15.8 Å². The highest BCUT2D eigenvalue weighted by atomic mass is 32.2. The zero-order valence-electron chi connectivity index (χ0n) is 22.1. The standard InChI is InChI=1S/C26H24N10O4S/c1-16-29-31-33-35(16)27-14-18-7-9-24(37)22(11-18)26(20-5-4-6-21(13-20)41(3,39)40)23-12-19(8-10-25(23)38)15-28-36-17(2)30-32-34-36/h4-15,26,37-38H,1-3H3/b27-14+,28-15+. The van der Waals surface area contributed by atoms with Crippen molar-refractivity contribution in [2.24, 2.45) is 10.2 Å². The summed E-state index contributed by atoms with van der Waals surface area (Å²) in [6.45, 7) is 3.40. The van der Waals surface area contributed by atoms with Crippen molar-refractivity contribution in [2.75, 3.05) is 6.26 Å². The number of tetrazole rings is 2. The second-order valence-electron chi connectivity index (χ2n) is 9.13. The van der Waals surface area contributed by atoms with Gasteiger partial charge in [0.25, 0.3) is 0 Å². The number of phenolic OH excluding ortho intramolecular Hbond substituents is 2. The van der Waals surface area contributed by atoms with Gasteiger partial charge in [-0.25, -0.2) is 8.42 Å². The lowest BCUT2D eigenvalue weighted by molar-refractivity contribution is 0.458. The predicted molar refractivity (Wildman–Crippen MR) is 148 cm³/mol. The van der Waals surface area contributed by atoms with E-state index in [1.807, 2.05) is 0 Å². The number of aryl methyl sites for hydroxylation is 2. The van der Waals surface area contributed by atoms with Crippen molar-refractivity contribution in [2.45, 2.75) is 24.7 Å². The van der Waals surface area contributed by atoms with Crippen LogP contribution in [0.25, 0.3) is 0 Å². The molecule has 2 aromatic heterocycles. The molecule has 15 heteroatoms. The Hall–Kier alpha value is -5.31. The monoisotopic (exact) mass is 572 g/mol. The molecule has 14 nitrogen and oxygen atoms in total. The van der Waals surface area contributed by atoms with Gasteiger partial charge in [0.15, 0.2) is 21.5 Å². The summed E-state index contributed by atoms with van der Waals surface area (Å²) in [5.41, 5.74) is 2.52. The highest BCUT2D eigenvalue weighted by Crippen LogP contribution is 2.41. The molecule has 41 heavy (non-hydrogen) atoms. The van der Waals surface area contributed by atoms with Crippen LogP contribution >= 0.6 is 0 Å². The topological polar surface area (TPSA) is 187 Å². The lowest BCUT2D eigenvalue weighted by atomic mass is 9.83. The summed E-state index contributed by atoms with van der Waals surface area (Å²) in [6, 6.07) is 16.1. The number of hydrogen-bond donors (Lipinski definition) is 2. The maximum absolute atomic E-state index is 12.4. The Morgan fingerprint density at radius 2 is 1.29 bits per heavy atom. The minimum Gasteiger partial charge on any atom is -0.508 e. The molecule has 3 aromatic carbocycles. The van der Waals surface area contributed by atoms with Crippen LogP contribution < -0.4 is 0 Å². The van der Waals surface area contributed by atoms with E-state index >= 15 is 0 Å². The van der Waals surface area contributed by atoms with Gasteiger partial charge in [0.05, 0.1) is 17.3 Å². The van der Waals surface area contributed by atoms with Gasteiger partial charge in [0.2, 0.25) is 0 Å². The van der Waals surface area contributed by atoms with Gasteiger partial charge in [-0.3, -0.25) is 0 Å². The highest BCUT2D eigenvalue weighted by molar-refractivity contribution is 7.90. The fourth-order valence-corrected chi connectivity index (χ4v) is 4.81. The number of rotatable bonds is 8. The molecule has 0 fully saturated rings. The summed E-state index contributed by atoms with van der Waals surface area (Å²) in [5.74, 6) is 0.0338. The van der Waals surface area contributed by atoms with Crippen LogP contribution in [0.4, 0.5) is 0 Å². The lowest BCUT2D eigenvalue weighted by Crippen LogP contribution is -2.08. The van der Waals surface area contributed by atoms with Gasteiger partial charge in [-0.1, -0.05) is 12.1 Å². The van der Waals surface area contributed by atoms with Crippen LogP contribution in [0.5, 0.6) is 11.5 Å². The first kappa shape index (κ1) is 27.3. The minimum absolute atomic E-state index is 0.0710. The molecule has 0 radical (unpaired) electrons. The first-order chi connectivity index (χ1) is 19.6. The average Bonchev–Trinajstić information content (AvgIpc) is 3.55. The predicted octanol–water partition coefficient (Wildman–Crippen LogP) is 2.04. The average molecular weight is 573 g/mol. The van der Waals surface area contributed by atoms with Gasteiger partial charge in [-0.05, 0) is 99.9 Å². The Bertz CT molecular complexity index is 1800. The molecule has 2 N–H and O–H groups in total. The van der Waals surface area contributed by atoms with E-state index in [1.165, 1.54) is 46.3 Å². The maximum Gasteiger partial charge on any atom is 0.175 e. The summed E-state index contributed by atoms with van der Waals surface area (Å²) in [7, 11) is -3.55. The van der Waals surface area contributed by atoms with Gasteiger partial charge in [0, 0.05) is 23.3 Å². The molecule has 5 aromatic rings. The summed E-state index contributed by atoms with van der Waals surface area (Å²) in [5, 5.41) is 52.9. The number of hydrogen-bond acceptors (Lipinski definition) is 12. The van der Waals surface area contributed by atoms with Crippen molar-refractivity contribution >= 4 is 22.3 Å². The van der Waals surface area contributed by atoms with Crippen LogP contribution in [-0.4, -0.2) is 77.9 Å². The quantitative estimate of drug-likeness (QED) is 0.206. The van der Waals surface area contributed by atoms with Crippen LogP contribution in [0, 0.1) is 13.8 Å². The molecule has 0 saturated carbocycles. The molecule has 0 unspecified atom stereocenters. The van der Waals surface area contributed by atoms with Gasteiger partial charge in [0.1, 0.15) is 11.5 Å². The molecular weight excluding hydrogens is 548 g/mol. The SMILES string of the molecule is Cc1nnnn1/N=C/c1ccc(O)c(C(c2cccc(S(C)(=O)=O)c2)c2cc(/C=N/n3nnnc3C)ccc2O)c1. The smallest absolute Gasteiger partial charge is 0.175 e. The van der Waals surface area contributed by atoms with Gasteiger partial charge in [-0.15, -0.1) is 19.8 Å². The third-order valence-electron chi connectivity index (χ3n) is 6.18. The van der Waals surface area contributed by atoms with E-state index in [1.54, 1.807) is 50.2 Å². The van der Waals surface area contributed by atoms with E-state index in [9.17, 15) is 18.6 Å². The second-order valence-corrected chi connectivity index (χ2v) is 11.2. The number of phenols is 2. The molecule has 0 atom stereocenters. The Balaban J connectivity index is 1.66. The van der Waals surface area contributed by atoms with Crippen molar-refractivity contribution in [3.05, 3.63) is 100 Å². The van der Waals surface area contributed by atoms with Crippen LogP contribution in [0.3, 0.4) is 0 Å². The van der Waals surface area contributed by atoms with Crippen molar-refractivity contribution in [1.29, 1.82) is 0 Å². The molecule has 0 spiro atoms. The zero-order valence-corrected chi connectivity index (χ0v) is 22.9. The molecule has 0 aliphatic rings. The van der Waals surface area contributed by atoms with Crippen molar-refractivity contribution in [1.82, 2.24) is 40.6 Å². The summed E-state index contributed by atoms with van der Waals surface area (Å²) < 4.78 is 24.8. The highest BCUT2D eigenvalue weighted by Gasteiger charge is 2.25.